The molecule has 5 rings (SSSR count). The number of aromatic nitrogens is 4. The van der Waals surface area contributed by atoms with E-state index in [1.165, 1.54) is 0 Å². The van der Waals surface area contributed by atoms with Crippen molar-refractivity contribution < 1.29 is 14.4 Å². The van der Waals surface area contributed by atoms with Gasteiger partial charge in [0.25, 0.3) is 5.91 Å². The van der Waals surface area contributed by atoms with Crippen molar-refractivity contribution in [1.82, 2.24) is 34.9 Å². The molecule has 10 nitrogen and oxygen atoms in total. The Bertz CT molecular complexity index is 1610. The molecule has 11 heteroatoms. The summed E-state index contributed by atoms with van der Waals surface area (Å²) >= 11 is 1.63. The largest absolute Gasteiger partial charge is 0.350 e. The number of hydrogen-bond acceptors (Lipinski definition) is 6. The van der Waals surface area contributed by atoms with Crippen LogP contribution in [0, 0.1) is 5.92 Å². The molecule has 2 atom stereocenters. The summed E-state index contributed by atoms with van der Waals surface area (Å²) < 4.78 is 3.80. The van der Waals surface area contributed by atoms with E-state index in [1.54, 1.807) is 11.8 Å². The fraction of sp³-hybridized carbons (Fsp3) is 0.424. The number of para-hydroxylation sites is 1. The molecule has 1 aliphatic rings. The molecule has 2 aromatic heterocycles. The van der Waals surface area contributed by atoms with Gasteiger partial charge in [-0.05, 0) is 36.8 Å². The molecule has 0 spiro atoms. The second-order valence-electron chi connectivity index (χ2n) is 11.6. The van der Waals surface area contributed by atoms with Crippen LogP contribution in [0.15, 0.2) is 60.8 Å². The lowest BCUT2D eigenvalue weighted by atomic mass is 10.0. The number of carbonyl (C=O) groups excluding carboxylic acids is 3. The van der Waals surface area contributed by atoms with Gasteiger partial charge in [-0.25, -0.2) is 9.67 Å². The van der Waals surface area contributed by atoms with Crippen LogP contribution >= 0.6 is 11.8 Å². The summed E-state index contributed by atoms with van der Waals surface area (Å²) in [4.78, 5) is 47.5. The van der Waals surface area contributed by atoms with Gasteiger partial charge in [0.1, 0.15) is 6.04 Å². The molecule has 2 aromatic carbocycles. The molecule has 0 bridgehead atoms. The first-order valence-electron chi connectivity index (χ1n) is 15.2. The van der Waals surface area contributed by atoms with E-state index >= 15 is 0 Å². The molecule has 0 unspecified atom stereocenters. The van der Waals surface area contributed by atoms with Crippen molar-refractivity contribution >= 4 is 40.4 Å². The predicted octanol–water partition coefficient (Wildman–Crippen LogP) is 4.42. The van der Waals surface area contributed by atoms with Crippen molar-refractivity contribution in [2.45, 2.75) is 51.7 Å². The normalized spacial score (nSPS) is 18.5. The Morgan fingerprint density at radius 1 is 1.02 bits per heavy atom. The van der Waals surface area contributed by atoms with Crippen molar-refractivity contribution in [2.24, 2.45) is 13.0 Å². The number of hydrogen-bond donors (Lipinski definition) is 2. The minimum absolute atomic E-state index is 0.0104. The second-order valence-corrected chi connectivity index (χ2v) is 12.6. The third-order valence-electron chi connectivity index (χ3n) is 8.07. The Morgan fingerprint density at radius 2 is 1.77 bits per heavy atom. The van der Waals surface area contributed by atoms with Gasteiger partial charge in [0.05, 0.1) is 18.2 Å². The SMILES string of the molecule is CSCC[C@@H]1NC(=O)CCCN(C(=O)c2cn(C)c3ccccc23)CCn2nc(-c3ccccc3)nc2[C@@H](C(C)C)NC1=O. The van der Waals surface area contributed by atoms with E-state index in [-0.39, 0.29) is 30.1 Å². The Kier molecular flexibility index (Phi) is 10.0. The molecular formula is C33H41N7O3S. The molecule has 0 fully saturated rings. The van der Waals surface area contributed by atoms with E-state index in [1.807, 2.05) is 102 Å². The van der Waals surface area contributed by atoms with Gasteiger partial charge in [0.15, 0.2) is 11.6 Å². The monoisotopic (exact) mass is 615 g/mol. The number of nitrogens with zero attached hydrogens (tertiary/aromatic N) is 5. The first-order valence-corrected chi connectivity index (χ1v) is 16.6. The van der Waals surface area contributed by atoms with E-state index in [4.69, 9.17) is 10.1 Å². The van der Waals surface area contributed by atoms with Gasteiger partial charge in [-0.15, -0.1) is 0 Å². The van der Waals surface area contributed by atoms with Crippen LogP contribution in [0.25, 0.3) is 22.3 Å². The van der Waals surface area contributed by atoms with E-state index in [2.05, 4.69) is 10.6 Å². The lowest BCUT2D eigenvalue weighted by molar-refractivity contribution is -0.129. The van der Waals surface area contributed by atoms with Crippen LogP contribution in [0.1, 0.15) is 55.3 Å². The van der Waals surface area contributed by atoms with E-state index < -0.39 is 12.1 Å². The number of carbonyl (C=O) groups is 3. The van der Waals surface area contributed by atoms with Gasteiger partial charge < -0.3 is 20.1 Å². The third kappa shape index (κ3) is 6.99. The molecule has 232 valence electrons. The smallest absolute Gasteiger partial charge is 0.256 e. The lowest BCUT2D eigenvalue weighted by Crippen LogP contribution is -2.49. The summed E-state index contributed by atoms with van der Waals surface area (Å²) in [6, 6.07) is 16.5. The van der Waals surface area contributed by atoms with Gasteiger partial charge in [0, 0.05) is 49.2 Å². The van der Waals surface area contributed by atoms with Gasteiger partial charge >= 0.3 is 0 Å². The maximum atomic E-state index is 14.1. The highest BCUT2D eigenvalue weighted by Gasteiger charge is 2.30. The zero-order chi connectivity index (χ0) is 31.2. The maximum absolute atomic E-state index is 14.1. The molecule has 0 saturated carbocycles. The van der Waals surface area contributed by atoms with Crippen molar-refractivity contribution in [3.8, 4) is 11.4 Å². The first kappa shape index (κ1) is 31.3. The van der Waals surface area contributed by atoms with Gasteiger partial charge in [-0.1, -0.05) is 62.4 Å². The highest BCUT2D eigenvalue weighted by Crippen LogP contribution is 2.26. The zero-order valence-corrected chi connectivity index (χ0v) is 26.6. The molecule has 2 N–H and O–H groups in total. The van der Waals surface area contributed by atoms with Crippen molar-refractivity contribution in [2.75, 3.05) is 25.1 Å². The van der Waals surface area contributed by atoms with Crippen LogP contribution in [0.2, 0.25) is 0 Å². The summed E-state index contributed by atoms with van der Waals surface area (Å²) in [5.41, 5.74) is 2.48. The highest BCUT2D eigenvalue weighted by atomic mass is 32.2. The topological polar surface area (TPSA) is 114 Å². The lowest BCUT2D eigenvalue weighted by Gasteiger charge is -2.28. The third-order valence-corrected chi connectivity index (χ3v) is 8.71. The number of fused-ring (bicyclic) bond motifs is 2. The van der Waals surface area contributed by atoms with Crippen molar-refractivity contribution in [1.29, 1.82) is 0 Å². The highest BCUT2D eigenvalue weighted by molar-refractivity contribution is 7.98. The summed E-state index contributed by atoms with van der Waals surface area (Å²) in [7, 11) is 1.94. The number of amides is 3. The Labute approximate surface area is 262 Å². The molecule has 3 heterocycles. The summed E-state index contributed by atoms with van der Waals surface area (Å²) in [6.07, 6.45) is 5.04. The minimum atomic E-state index is -0.669. The maximum Gasteiger partial charge on any atom is 0.256 e. The molecule has 0 aliphatic carbocycles. The number of aryl methyl sites for hydroxylation is 1. The second kappa shape index (κ2) is 14.1. The first-order chi connectivity index (χ1) is 21.3. The van der Waals surface area contributed by atoms with Crippen molar-refractivity contribution in [3.63, 3.8) is 0 Å². The quantitative estimate of drug-likeness (QED) is 0.332. The average molecular weight is 616 g/mol. The van der Waals surface area contributed by atoms with E-state index in [0.717, 1.165) is 22.2 Å². The summed E-state index contributed by atoms with van der Waals surface area (Å²) in [6.45, 7) is 5.19. The van der Waals surface area contributed by atoms with Crippen molar-refractivity contribution in [3.05, 3.63) is 72.2 Å². The molecular weight excluding hydrogens is 574 g/mol. The average Bonchev–Trinajstić information content (AvgIpc) is 3.60. The van der Waals surface area contributed by atoms with Gasteiger partial charge in [-0.3, -0.25) is 14.4 Å². The summed E-state index contributed by atoms with van der Waals surface area (Å²) in [5.74, 6) is 1.38. The van der Waals surface area contributed by atoms with Crippen LogP contribution in [0.3, 0.4) is 0 Å². The van der Waals surface area contributed by atoms with Gasteiger partial charge in [-0.2, -0.15) is 16.9 Å². The fourth-order valence-corrected chi connectivity index (χ4v) is 6.13. The molecule has 44 heavy (non-hydrogen) atoms. The van der Waals surface area contributed by atoms with Crippen LogP contribution < -0.4 is 10.6 Å². The number of nitrogens with one attached hydrogen (secondary N) is 2. The molecule has 0 radical (unpaired) electrons. The van der Waals surface area contributed by atoms with Crippen LogP contribution in [0.4, 0.5) is 0 Å². The Balaban J connectivity index is 1.54. The van der Waals surface area contributed by atoms with Crippen LogP contribution in [-0.4, -0.2) is 73.1 Å². The predicted molar refractivity (Wildman–Crippen MR) is 174 cm³/mol. The van der Waals surface area contributed by atoms with Crippen LogP contribution in [-0.2, 0) is 23.2 Å². The molecule has 1 aliphatic heterocycles. The van der Waals surface area contributed by atoms with Crippen LogP contribution in [0.5, 0.6) is 0 Å². The minimum Gasteiger partial charge on any atom is -0.350 e. The summed E-state index contributed by atoms with van der Waals surface area (Å²) in [5, 5.41) is 11.9. The van der Waals surface area contributed by atoms with Gasteiger partial charge in [0.2, 0.25) is 11.8 Å². The van der Waals surface area contributed by atoms with E-state index in [0.29, 0.717) is 49.7 Å². The molecule has 3 amide bonds. The Hall–Kier alpha value is -4.12. The standard InChI is InChI=1S/C33H41N7O3S/c1-22(2)29-31-36-30(23-11-6-5-7-12-23)37-40(31)19-18-39(33(43)25-21-38(3)27-14-9-8-13-24(25)27)17-10-15-28(41)34-26(16-20-44-4)32(42)35-29/h5-9,11-14,21-22,26,29H,10,15-20H2,1-4H3,(H,34,41)(H,35,42)/t26-,29+/m0/s1. The Morgan fingerprint density at radius 3 is 2.52 bits per heavy atom. The number of rotatable bonds is 6. The number of thioether (sulfide) groups is 1. The fourth-order valence-electron chi connectivity index (χ4n) is 5.66. The zero-order valence-electron chi connectivity index (χ0n) is 25.8. The molecule has 4 aromatic rings. The molecule has 0 saturated heterocycles. The van der Waals surface area contributed by atoms with E-state index in [9.17, 15) is 14.4 Å². The number of benzene rings is 2.